The molecule has 0 atom stereocenters. The number of likely N-dealkylation sites (N-methyl/N-ethyl adjacent to an activating group) is 1. The molecular formula is C28H28N2O4. The van der Waals surface area contributed by atoms with Gasteiger partial charge in [-0.1, -0.05) is 54.6 Å². The van der Waals surface area contributed by atoms with E-state index in [1.165, 1.54) is 0 Å². The van der Waals surface area contributed by atoms with Gasteiger partial charge in [0, 0.05) is 25.6 Å². The van der Waals surface area contributed by atoms with Crippen LogP contribution in [0, 0.1) is 0 Å². The molecule has 1 aliphatic rings. The van der Waals surface area contributed by atoms with Crippen LogP contribution in [-0.4, -0.2) is 38.0 Å². The van der Waals surface area contributed by atoms with Crippen LogP contribution in [0.1, 0.15) is 28.7 Å². The van der Waals surface area contributed by atoms with Crippen molar-refractivity contribution in [2.75, 3.05) is 21.3 Å². The predicted molar refractivity (Wildman–Crippen MR) is 131 cm³/mol. The first kappa shape index (κ1) is 23.1. The Labute approximate surface area is 199 Å². The molecule has 1 heterocycles. The Hall–Kier alpha value is -4.06. The molecule has 4 rings (SSSR count). The fourth-order valence-corrected chi connectivity index (χ4v) is 4.30. The van der Waals surface area contributed by atoms with Crippen molar-refractivity contribution >= 4 is 17.4 Å². The third-order valence-electron chi connectivity index (χ3n) is 5.96. The van der Waals surface area contributed by atoms with E-state index in [1.807, 2.05) is 84.7 Å². The van der Waals surface area contributed by atoms with E-state index in [4.69, 9.17) is 9.47 Å². The largest absolute Gasteiger partial charge is 0.497 e. The topological polar surface area (TPSA) is 67.9 Å². The molecule has 1 N–H and O–H groups in total. The molecule has 34 heavy (non-hydrogen) atoms. The number of nitrogens with zero attached hydrogens (tertiary/aromatic N) is 1. The van der Waals surface area contributed by atoms with Gasteiger partial charge in [0.05, 0.1) is 14.2 Å². The van der Waals surface area contributed by atoms with Crippen LogP contribution in [0.25, 0.3) is 5.57 Å². The lowest BCUT2D eigenvalue weighted by atomic mass is 9.88. The average Bonchev–Trinajstić information content (AvgIpc) is 2.87. The third kappa shape index (κ3) is 4.81. The number of nitrogens with one attached hydrogen (secondary N) is 1. The van der Waals surface area contributed by atoms with Crippen LogP contribution in [0.2, 0.25) is 0 Å². The number of para-hydroxylation sites is 1. The van der Waals surface area contributed by atoms with Gasteiger partial charge in [-0.2, -0.15) is 0 Å². The van der Waals surface area contributed by atoms with Gasteiger partial charge < -0.3 is 14.4 Å². The second-order valence-electron chi connectivity index (χ2n) is 8.16. The minimum Gasteiger partial charge on any atom is -0.497 e. The highest BCUT2D eigenvalue weighted by Gasteiger charge is 2.29. The summed E-state index contributed by atoms with van der Waals surface area (Å²) >= 11 is 0. The van der Waals surface area contributed by atoms with Gasteiger partial charge in [-0.25, -0.2) is 0 Å². The minimum atomic E-state index is -0.417. The highest BCUT2D eigenvalue weighted by molar-refractivity contribution is 6.10. The number of fused-ring (bicyclic) bond motifs is 1. The van der Waals surface area contributed by atoms with Crippen LogP contribution < -0.4 is 14.8 Å². The molecule has 0 aliphatic carbocycles. The van der Waals surface area contributed by atoms with E-state index >= 15 is 0 Å². The minimum absolute atomic E-state index is 0.175. The standard InChI is InChI=1S/C28H28N2O4/c1-30-18-21-13-15-22(33-2)17-23(21)26(20-10-5-4-6-11-20)27(30)28(32)29-25(31)16-14-19-9-7-8-12-24(19)34-3/h4-13,15,17H,14,16,18H2,1-3H3,(H,29,31,32). The van der Waals surface area contributed by atoms with Crippen LogP contribution >= 0.6 is 0 Å². The number of carbonyl (C=O) groups is 2. The number of aryl methyl sites for hydroxylation is 1. The Morgan fingerprint density at radius 1 is 0.941 bits per heavy atom. The van der Waals surface area contributed by atoms with Crippen molar-refractivity contribution in [2.24, 2.45) is 0 Å². The van der Waals surface area contributed by atoms with Crippen molar-refractivity contribution in [3.05, 3.63) is 101 Å². The second-order valence-corrected chi connectivity index (χ2v) is 8.16. The van der Waals surface area contributed by atoms with Crippen LogP contribution in [0.5, 0.6) is 11.5 Å². The first-order chi connectivity index (χ1) is 16.5. The lowest BCUT2D eigenvalue weighted by Gasteiger charge is -2.32. The molecule has 6 heteroatoms. The first-order valence-corrected chi connectivity index (χ1v) is 11.2. The summed E-state index contributed by atoms with van der Waals surface area (Å²) in [7, 11) is 5.09. The predicted octanol–water partition coefficient (Wildman–Crippen LogP) is 4.18. The van der Waals surface area contributed by atoms with E-state index in [9.17, 15) is 9.59 Å². The summed E-state index contributed by atoms with van der Waals surface area (Å²) in [6.45, 7) is 0.549. The van der Waals surface area contributed by atoms with Crippen molar-refractivity contribution in [2.45, 2.75) is 19.4 Å². The Morgan fingerprint density at radius 3 is 2.41 bits per heavy atom. The van der Waals surface area contributed by atoms with Crippen molar-refractivity contribution in [1.82, 2.24) is 10.2 Å². The summed E-state index contributed by atoms with van der Waals surface area (Å²) < 4.78 is 10.8. The maximum atomic E-state index is 13.4. The van der Waals surface area contributed by atoms with Crippen LogP contribution in [0.3, 0.4) is 0 Å². The first-order valence-electron chi connectivity index (χ1n) is 11.2. The number of amides is 2. The van der Waals surface area contributed by atoms with Crippen LogP contribution in [-0.2, 0) is 22.6 Å². The molecule has 0 saturated heterocycles. The van der Waals surface area contributed by atoms with Crippen LogP contribution in [0.4, 0.5) is 0 Å². The van der Waals surface area contributed by atoms with E-state index in [1.54, 1.807) is 14.2 Å². The molecule has 3 aromatic carbocycles. The highest BCUT2D eigenvalue weighted by atomic mass is 16.5. The number of hydrogen-bond donors (Lipinski definition) is 1. The SMILES string of the molecule is COc1ccc2c(c1)C(c1ccccc1)=C(C(=O)NC(=O)CCc1ccccc1OC)N(C)C2. The zero-order valence-corrected chi connectivity index (χ0v) is 19.6. The number of carbonyl (C=O) groups excluding carboxylic acids is 2. The quantitative estimate of drug-likeness (QED) is 0.578. The van der Waals surface area contributed by atoms with Gasteiger partial charge in [0.25, 0.3) is 5.91 Å². The Balaban J connectivity index is 1.64. The van der Waals surface area contributed by atoms with Crippen molar-refractivity contribution in [3.8, 4) is 11.5 Å². The van der Waals surface area contributed by atoms with Gasteiger partial charge in [0.15, 0.2) is 0 Å². The summed E-state index contributed by atoms with van der Waals surface area (Å²) in [5, 5.41) is 2.60. The maximum absolute atomic E-state index is 13.4. The average molecular weight is 457 g/mol. The second kappa shape index (κ2) is 10.3. The summed E-state index contributed by atoms with van der Waals surface area (Å²) in [5.41, 5.74) is 5.06. The van der Waals surface area contributed by atoms with E-state index in [-0.39, 0.29) is 12.3 Å². The Bertz CT molecular complexity index is 1230. The van der Waals surface area contributed by atoms with Crippen LogP contribution in [0.15, 0.2) is 78.5 Å². The van der Waals surface area contributed by atoms with Gasteiger partial charge in [-0.05, 0) is 46.9 Å². The Kier molecular flexibility index (Phi) is 6.97. The van der Waals surface area contributed by atoms with E-state index in [0.717, 1.165) is 33.6 Å². The summed E-state index contributed by atoms with van der Waals surface area (Å²) in [5.74, 6) is 0.693. The molecule has 2 amide bonds. The molecule has 0 saturated carbocycles. The lowest BCUT2D eigenvalue weighted by molar-refractivity contribution is -0.129. The molecular weight excluding hydrogens is 428 g/mol. The van der Waals surface area contributed by atoms with Crippen molar-refractivity contribution in [1.29, 1.82) is 0 Å². The van der Waals surface area contributed by atoms with Gasteiger partial charge in [-0.3, -0.25) is 14.9 Å². The summed E-state index contributed by atoms with van der Waals surface area (Å²) in [4.78, 5) is 28.0. The van der Waals surface area contributed by atoms with E-state index in [0.29, 0.717) is 24.4 Å². The molecule has 0 radical (unpaired) electrons. The summed E-state index contributed by atoms with van der Waals surface area (Å²) in [6.07, 6.45) is 0.651. The van der Waals surface area contributed by atoms with E-state index in [2.05, 4.69) is 5.32 Å². The normalized spacial score (nSPS) is 12.7. The maximum Gasteiger partial charge on any atom is 0.274 e. The molecule has 1 aliphatic heterocycles. The smallest absolute Gasteiger partial charge is 0.274 e. The third-order valence-corrected chi connectivity index (χ3v) is 5.96. The number of benzene rings is 3. The number of imide groups is 1. The van der Waals surface area contributed by atoms with Gasteiger partial charge in [0.1, 0.15) is 17.2 Å². The van der Waals surface area contributed by atoms with E-state index < -0.39 is 5.91 Å². The van der Waals surface area contributed by atoms with Crippen molar-refractivity contribution in [3.63, 3.8) is 0 Å². The van der Waals surface area contributed by atoms with Gasteiger partial charge in [-0.15, -0.1) is 0 Å². The molecule has 3 aromatic rings. The molecule has 0 spiro atoms. The van der Waals surface area contributed by atoms with Gasteiger partial charge >= 0.3 is 0 Å². The number of methoxy groups -OCH3 is 2. The molecule has 0 unspecified atom stereocenters. The monoisotopic (exact) mass is 456 g/mol. The molecule has 0 bridgehead atoms. The molecule has 6 nitrogen and oxygen atoms in total. The zero-order chi connectivity index (χ0) is 24.1. The molecule has 0 aromatic heterocycles. The Morgan fingerprint density at radius 2 is 1.68 bits per heavy atom. The summed E-state index contributed by atoms with van der Waals surface area (Å²) in [6, 6.07) is 23.2. The number of ether oxygens (including phenoxy) is 2. The van der Waals surface area contributed by atoms with Gasteiger partial charge in [0.2, 0.25) is 5.91 Å². The molecule has 0 fully saturated rings. The molecule has 174 valence electrons. The fourth-order valence-electron chi connectivity index (χ4n) is 4.30. The lowest BCUT2D eigenvalue weighted by Crippen LogP contribution is -2.39. The number of rotatable bonds is 7. The van der Waals surface area contributed by atoms with Crippen molar-refractivity contribution < 1.29 is 19.1 Å². The number of hydrogen-bond acceptors (Lipinski definition) is 5. The zero-order valence-electron chi connectivity index (χ0n) is 19.6. The highest BCUT2D eigenvalue weighted by Crippen LogP contribution is 2.37. The fraction of sp³-hybridized carbons (Fsp3) is 0.214.